The highest BCUT2D eigenvalue weighted by Crippen LogP contribution is 2.40. The normalized spacial score (nSPS) is 22.4. The Kier molecular flexibility index (Phi) is 6.65. The summed E-state index contributed by atoms with van der Waals surface area (Å²) in [5.74, 6) is 1.45. The summed E-state index contributed by atoms with van der Waals surface area (Å²) in [6, 6.07) is 11.3. The summed E-state index contributed by atoms with van der Waals surface area (Å²) in [6.07, 6.45) is 3.28. The van der Waals surface area contributed by atoms with Crippen molar-refractivity contribution in [2.45, 2.75) is 51.1 Å². The van der Waals surface area contributed by atoms with Crippen LogP contribution in [0.4, 0.5) is 5.69 Å². The summed E-state index contributed by atoms with van der Waals surface area (Å²) in [7, 11) is 1.62. The van der Waals surface area contributed by atoms with Crippen molar-refractivity contribution >= 4 is 17.5 Å². The third-order valence-corrected chi connectivity index (χ3v) is 7.84. The number of aromatic nitrogens is 1. The number of benzene rings is 1. The SMILES string of the molecule is COc1ccc(CC(=O)Nc2ccc(=O)n3c2[C@@H]2C[C@H](CN(C4CCN(C(C)=O)CC4)C2)C3)cc1. The van der Waals surface area contributed by atoms with Gasteiger partial charge in [0.25, 0.3) is 5.56 Å². The van der Waals surface area contributed by atoms with Gasteiger partial charge in [-0.3, -0.25) is 19.3 Å². The zero-order valence-corrected chi connectivity index (χ0v) is 20.5. The molecule has 35 heavy (non-hydrogen) atoms. The fraction of sp³-hybridized carbons (Fsp3) is 0.519. The lowest BCUT2D eigenvalue weighted by molar-refractivity contribution is -0.130. The van der Waals surface area contributed by atoms with Gasteiger partial charge in [0.2, 0.25) is 11.8 Å². The average molecular weight is 479 g/mol. The van der Waals surface area contributed by atoms with Gasteiger partial charge in [-0.2, -0.15) is 0 Å². The number of pyridine rings is 1. The summed E-state index contributed by atoms with van der Waals surface area (Å²) in [6.45, 7) is 5.83. The molecule has 8 nitrogen and oxygen atoms in total. The van der Waals surface area contributed by atoms with Gasteiger partial charge in [0.05, 0.1) is 19.2 Å². The van der Waals surface area contributed by atoms with Crippen LogP contribution in [0, 0.1) is 5.92 Å². The molecule has 2 saturated heterocycles. The van der Waals surface area contributed by atoms with Gasteiger partial charge < -0.3 is 19.5 Å². The van der Waals surface area contributed by atoms with Crippen molar-refractivity contribution in [1.82, 2.24) is 14.4 Å². The number of nitrogens with zero attached hydrogens (tertiary/aromatic N) is 3. The highest BCUT2D eigenvalue weighted by Gasteiger charge is 2.39. The lowest BCUT2D eigenvalue weighted by Gasteiger charge is -2.47. The number of likely N-dealkylation sites (tertiary alicyclic amines) is 2. The van der Waals surface area contributed by atoms with E-state index in [-0.39, 0.29) is 29.7 Å². The molecule has 2 fully saturated rings. The van der Waals surface area contributed by atoms with Crippen LogP contribution in [0.15, 0.2) is 41.2 Å². The number of ether oxygens (including phenoxy) is 1. The maximum absolute atomic E-state index is 12.9. The van der Waals surface area contributed by atoms with Gasteiger partial charge in [0.15, 0.2) is 0 Å². The predicted molar refractivity (Wildman–Crippen MR) is 134 cm³/mol. The molecule has 2 bridgehead atoms. The molecular weight excluding hydrogens is 444 g/mol. The van der Waals surface area contributed by atoms with Crippen LogP contribution in [0.3, 0.4) is 0 Å². The molecular formula is C27H34N4O4. The van der Waals surface area contributed by atoms with E-state index in [1.165, 1.54) is 0 Å². The number of methoxy groups -OCH3 is 1. The second-order valence-electron chi connectivity index (χ2n) is 10.1. The third kappa shape index (κ3) is 4.98. The van der Waals surface area contributed by atoms with Crippen molar-refractivity contribution in [1.29, 1.82) is 0 Å². The van der Waals surface area contributed by atoms with E-state index in [2.05, 4.69) is 10.2 Å². The van der Waals surface area contributed by atoms with E-state index in [9.17, 15) is 14.4 Å². The third-order valence-electron chi connectivity index (χ3n) is 7.84. The monoisotopic (exact) mass is 478 g/mol. The molecule has 2 atom stereocenters. The Morgan fingerprint density at radius 2 is 1.77 bits per heavy atom. The number of carbonyl (C=O) groups is 2. The molecule has 0 unspecified atom stereocenters. The largest absolute Gasteiger partial charge is 0.497 e. The van der Waals surface area contributed by atoms with Gasteiger partial charge in [0.1, 0.15) is 5.75 Å². The maximum atomic E-state index is 12.9. The van der Waals surface area contributed by atoms with Crippen molar-refractivity contribution in [3.8, 4) is 5.75 Å². The molecule has 0 aliphatic carbocycles. The highest BCUT2D eigenvalue weighted by molar-refractivity contribution is 5.93. The molecule has 3 aliphatic heterocycles. The quantitative estimate of drug-likeness (QED) is 0.714. The van der Waals surface area contributed by atoms with E-state index in [4.69, 9.17) is 4.74 Å². The van der Waals surface area contributed by atoms with E-state index in [0.717, 1.165) is 68.1 Å². The number of fused-ring (bicyclic) bond motifs is 4. The predicted octanol–water partition coefficient (Wildman–Crippen LogP) is 2.47. The Balaban J connectivity index is 1.32. The van der Waals surface area contributed by atoms with Crippen LogP contribution >= 0.6 is 0 Å². The van der Waals surface area contributed by atoms with Crippen LogP contribution in [-0.4, -0.2) is 65.5 Å². The van der Waals surface area contributed by atoms with Crippen LogP contribution < -0.4 is 15.6 Å². The number of rotatable bonds is 5. The first kappa shape index (κ1) is 23.6. The minimum absolute atomic E-state index is 0.00562. The molecule has 0 spiro atoms. The molecule has 4 heterocycles. The number of hydrogen-bond acceptors (Lipinski definition) is 5. The Bertz CT molecular complexity index is 1150. The highest BCUT2D eigenvalue weighted by atomic mass is 16.5. The number of nitrogens with one attached hydrogen (secondary N) is 1. The molecule has 1 N–H and O–H groups in total. The molecule has 2 amide bonds. The van der Waals surface area contributed by atoms with E-state index < -0.39 is 0 Å². The molecule has 0 radical (unpaired) electrons. The zero-order valence-electron chi connectivity index (χ0n) is 20.5. The molecule has 5 rings (SSSR count). The minimum Gasteiger partial charge on any atom is -0.497 e. The summed E-state index contributed by atoms with van der Waals surface area (Å²) in [5.41, 5.74) is 2.62. The van der Waals surface area contributed by atoms with Crippen molar-refractivity contribution in [2.75, 3.05) is 38.6 Å². The number of piperidine rings is 2. The lowest BCUT2D eigenvalue weighted by Crippen LogP contribution is -2.53. The standard InChI is InChI=1S/C27H34N4O4/c1-18(32)29-11-9-22(10-12-29)30-15-20-13-21(17-30)27-24(7-8-26(34)31(27)16-20)28-25(33)14-19-3-5-23(35-2)6-4-19/h3-8,20-22H,9-17H2,1-2H3,(H,28,33)/t20-,21-/m1/s1. The molecule has 8 heteroatoms. The smallest absolute Gasteiger partial charge is 0.250 e. The Hall–Kier alpha value is -3.13. The summed E-state index contributed by atoms with van der Waals surface area (Å²) >= 11 is 0. The van der Waals surface area contributed by atoms with Crippen molar-refractivity contribution in [3.05, 3.63) is 58.0 Å². The van der Waals surface area contributed by atoms with Gasteiger partial charge in [-0.15, -0.1) is 0 Å². The summed E-state index contributed by atoms with van der Waals surface area (Å²) < 4.78 is 7.08. The average Bonchev–Trinajstić information content (AvgIpc) is 2.86. The molecule has 2 aromatic rings. The second kappa shape index (κ2) is 9.85. The number of hydrogen-bond donors (Lipinski definition) is 1. The fourth-order valence-corrected chi connectivity index (χ4v) is 6.12. The van der Waals surface area contributed by atoms with Gasteiger partial charge in [0, 0.05) is 63.4 Å². The van der Waals surface area contributed by atoms with Gasteiger partial charge >= 0.3 is 0 Å². The van der Waals surface area contributed by atoms with Crippen molar-refractivity contribution in [2.24, 2.45) is 5.92 Å². The first-order valence-electron chi connectivity index (χ1n) is 12.6. The van der Waals surface area contributed by atoms with Gasteiger partial charge in [-0.25, -0.2) is 0 Å². The van der Waals surface area contributed by atoms with Crippen LogP contribution in [0.2, 0.25) is 0 Å². The second-order valence-corrected chi connectivity index (χ2v) is 10.1. The first-order valence-corrected chi connectivity index (χ1v) is 12.6. The Morgan fingerprint density at radius 1 is 1.03 bits per heavy atom. The molecule has 0 saturated carbocycles. The molecule has 1 aromatic heterocycles. The summed E-state index contributed by atoms with van der Waals surface area (Å²) in [5, 5.41) is 3.10. The Morgan fingerprint density at radius 3 is 2.46 bits per heavy atom. The maximum Gasteiger partial charge on any atom is 0.250 e. The topological polar surface area (TPSA) is 83.9 Å². The first-order chi connectivity index (χ1) is 16.9. The van der Waals surface area contributed by atoms with E-state index in [1.54, 1.807) is 26.2 Å². The lowest BCUT2D eigenvalue weighted by atomic mass is 9.81. The molecule has 1 aromatic carbocycles. The van der Waals surface area contributed by atoms with Gasteiger partial charge in [-0.1, -0.05) is 12.1 Å². The van der Waals surface area contributed by atoms with Crippen LogP contribution in [0.1, 0.15) is 43.4 Å². The van der Waals surface area contributed by atoms with Crippen molar-refractivity contribution in [3.63, 3.8) is 0 Å². The fourth-order valence-electron chi connectivity index (χ4n) is 6.12. The van der Waals surface area contributed by atoms with E-state index in [0.29, 0.717) is 18.5 Å². The minimum atomic E-state index is -0.0944. The molecule has 186 valence electrons. The van der Waals surface area contributed by atoms with Crippen LogP contribution in [0.25, 0.3) is 0 Å². The van der Waals surface area contributed by atoms with E-state index in [1.807, 2.05) is 33.7 Å². The number of amides is 2. The zero-order chi connectivity index (χ0) is 24.5. The van der Waals surface area contributed by atoms with Crippen molar-refractivity contribution < 1.29 is 14.3 Å². The number of carbonyl (C=O) groups excluding carboxylic acids is 2. The number of anilines is 1. The Labute approximate surface area is 205 Å². The van der Waals surface area contributed by atoms with E-state index >= 15 is 0 Å². The summed E-state index contributed by atoms with van der Waals surface area (Å²) in [4.78, 5) is 41.9. The van der Waals surface area contributed by atoms with Crippen LogP contribution in [-0.2, 0) is 22.6 Å². The van der Waals surface area contributed by atoms with Gasteiger partial charge in [-0.05, 0) is 48.9 Å². The molecule has 3 aliphatic rings. The van der Waals surface area contributed by atoms with Crippen LogP contribution in [0.5, 0.6) is 5.75 Å².